The molecule has 2 aromatic carbocycles. The summed E-state index contributed by atoms with van der Waals surface area (Å²) in [5, 5.41) is 0.544. The van der Waals surface area contributed by atoms with Crippen LogP contribution in [0.1, 0.15) is 39.7 Å². The van der Waals surface area contributed by atoms with Gasteiger partial charge in [0.2, 0.25) is 0 Å². The number of nitrogens with one attached hydrogen (secondary N) is 2. The van der Waals surface area contributed by atoms with E-state index in [0.29, 0.717) is 24.1 Å². The first-order chi connectivity index (χ1) is 13.6. The Kier molecular flexibility index (Phi) is 5.01. The second-order valence-electron chi connectivity index (χ2n) is 7.41. The zero-order valence-corrected chi connectivity index (χ0v) is 16.3. The Balaban J connectivity index is 1.67. The average Bonchev–Trinajstić information content (AvgIpc) is 2.71. The molecule has 0 spiro atoms. The number of aryl methyl sites for hydroxylation is 1. The molecule has 1 aromatic heterocycles. The van der Waals surface area contributed by atoms with E-state index in [1.54, 1.807) is 25.1 Å². The fourth-order valence-electron chi connectivity index (χ4n) is 4.05. The van der Waals surface area contributed by atoms with E-state index in [1.165, 1.54) is 16.0 Å². The van der Waals surface area contributed by atoms with Gasteiger partial charge in [-0.05, 0) is 37.6 Å². The molecule has 0 saturated carbocycles. The molecule has 144 valence electrons. The predicted molar refractivity (Wildman–Crippen MR) is 109 cm³/mol. The lowest BCUT2D eigenvalue weighted by atomic mass is 9.99. The molecule has 5 nitrogen and oxygen atoms in total. The van der Waals surface area contributed by atoms with Crippen LogP contribution in [-0.4, -0.2) is 24.1 Å². The van der Waals surface area contributed by atoms with Crippen LogP contribution in [0.25, 0.3) is 10.9 Å². The van der Waals surface area contributed by atoms with Gasteiger partial charge in [-0.1, -0.05) is 24.3 Å². The van der Waals surface area contributed by atoms with E-state index in [1.807, 2.05) is 6.92 Å². The second kappa shape index (κ2) is 7.60. The molecule has 0 saturated heterocycles. The molecule has 0 amide bonds. The number of carbonyl (C=O) groups is 1. The third-order valence-electron chi connectivity index (χ3n) is 5.56. The number of benzene rings is 2. The summed E-state index contributed by atoms with van der Waals surface area (Å²) >= 11 is 0. The molecule has 1 aliphatic heterocycles. The van der Waals surface area contributed by atoms with E-state index in [9.17, 15) is 9.59 Å². The van der Waals surface area contributed by atoms with E-state index in [4.69, 9.17) is 4.74 Å². The molecule has 1 aliphatic rings. The van der Waals surface area contributed by atoms with Crippen molar-refractivity contribution in [3.05, 3.63) is 80.6 Å². The van der Waals surface area contributed by atoms with Crippen LogP contribution in [0.3, 0.4) is 0 Å². The standard InChI is InChI=1S/C23H24N2O3/c1-3-28-23(27)17-8-9-21-19(12-17)22(26)20(15(2)24-21)14-25-11-10-16-6-4-5-7-18(16)13-25/h4-9,12H,3,10-11,13-14H2,1-2H3,(H,24,26)/p+1. The maximum Gasteiger partial charge on any atom is 0.338 e. The van der Waals surface area contributed by atoms with Crippen LogP contribution in [0.2, 0.25) is 0 Å². The largest absolute Gasteiger partial charge is 0.462 e. The van der Waals surface area contributed by atoms with E-state index < -0.39 is 5.97 Å². The summed E-state index contributed by atoms with van der Waals surface area (Å²) in [5.74, 6) is -0.399. The van der Waals surface area contributed by atoms with Gasteiger partial charge >= 0.3 is 5.97 Å². The van der Waals surface area contributed by atoms with Crippen molar-refractivity contribution in [2.45, 2.75) is 33.4 Å². The lowest BCUT2D eigenvalue weighted by Gasteiger charge is -2.26. The van der Waals surface area contributed by atoms with Gasteiger partial charge in [0.15, 0.2) is 5.43 Å². The summed E-state index contributed by atoms with van der Waals surface area (Å²) < 4.78 is 5.07. The van der Waals surface area contributed by atoms with Crippen molar-refractivity contribution in [3.8, 4) is 0 Å². The lowest BCUT2D eigenvalue weighted by molar-refractivity contribution is -0.929. The molecule has 2 heterocycles. The Labute approximate surface area is 163 Å². The van der Waals surface area contributed by atoms with E-state index >= 15 is 0 Å². The van der Waals surface area contributed by atoms with Crippen molar-refractivity contribution in [2.24, 2.45) is 0 Å². The van der Waals surface area contributed by atoms with Gasteiger partial charge in [-0.3, -0.25) is 4.79 Å². The topological polar surface area (TPSA) is 63.6 Å². The number of aromatic nitrogens is 1. The number of esters is 1. The van der Waals surface area contributed by atoms with Gasteiger partial charge < -0.3 is 14.6 Å². The van der Waals surface area contributed by atoms with Crippen LogP contribution in [0.4, 0.5) is 0 Å². The SMILES string of the molecule is CCOC(=O)c1ccc2[nH]c(C)c(C[NH+]3CCc4ccccc4C3)c(=O)c2c1. The van der Waals surface area contributed by atoms with Gasteiger partial charge in [0.1, 0.15) is 13.1 Å². The molecule has 1 unspecified atom stereocenters. The summed E-state index contributed by atoms with van der Waals surface area (Å²) in [5.41, 5.74) is 5.63. The molecule has 0 radical (unpaired) electrons. The summed E-state index contributed by atoms with van der Waals surface area (Å²) in [6, 6.07) is 13.7. The third-order valence-corrected chi connectivity index (χ3v) is 5.56. The van der Waals surface area contributed by atoms with Crippen molar-refractivity contribution >= 4 is 16.9 Å². The maximum absolute atomic E-state index is 13.2. The fourth-order valence-corrected chi connectivity index (χ4v) is 4.05. The summed E-state index contributed by atoms with van der Waals surface area (Å²) in [6.07, 6.45) is 1.03. The molecule has 0 aliphatic carbocycles. The average molecular weight is 377 g/mol. The second-order valence-corrected chi connectivity index (χ2v) is 7.41. The van der Waals surface area contributed by atoms with Crippen LogP contribution in [0.5, 0.6) is 0 Å². The first-order valence-electron chi connectivity index (χ1n) is 9.79. The van der Waals surface area contributed by atoms with E-state index in [2.05, 4.69) is 29.2 Å². The summed E-state index contributed by atoms with van der Waals surface area (Å²) in [6.45, 7) is 6.65. The highest BCUT2D eigenvalue weighted by Gasteiger charge is 2.22. The highest BCUT2D eigenvalue weighted by Crippen LogP contribution is 2.15. The van der Waals surface area contributed by atoms with Crippen LogP contribution in [0, 0.1) is 6.92 Å². The monoisotopic (exact) mass is 377 g/mol. The molecule has 0 fully saturated rings. The van der Waals surface area contributed by atoms with Crippen LogP contribution < -0.4 is 10.3 Å². The minimum Gasteiger partial charge on any atom is -0.462 e. The lowest BCUT2D eigenvalue weighted by Crippen LogP contribution is -3.10. The number of H-pyrrole nitrogens is 1. The Hall–Kier alpha value is -2.92. The quantitative estimate of drug-likeness (QED) is 0.685. The van der Waals surface area contributed by atoms with Gasteiger partial charge in [-0.25, -0.2) is 4.79 Å². The number of carbonyl (C=O) groups excluding carboxylic acids is 1. The van der Waals surface area contributed by atoms with Crippen LogP contribution in [-0.2, 0) is 24.2 Å². The summed E-state index contributed by atoms with van der Waals surface area (Å²) in [4.78, 5) is 30.0. The van der Waals surface area contributed by atoms with Crippen molar-refractivity contribution in [3.63, 3.8) is 0 Å². The molecule has 4 rings (SSSR count). The highest BCUT2D eigenvalue weighted by atomic mass is 16.5. The number of fused-ring (bicyclic) bond motifs is 2. The number of hydrogen-bond donors (Lipinski definition) is 2. The zero-order valence-electron chi connectivity index (χ0n) is 16.3. The molecule has 1 atom stereocenters. The highest BCUT2D eigenvalue weighted by molar-refractivity contribution is 5.94. The van der Waals surface area contributed by atoms with E-state index in [-0.39, 0.29) is 5.43 Å². The molecule has 3 aromatic rings. The fraction of sp³-hybridized carbons (Fsp3) is 0.304. The number of rotatable bonds is 4. The molecule has 0 bridgehead atoms. The smallest absolute Gasteiger partial charge is 0.338 e. The Morgan fingerprint density at radius 3 is 2.75 bits per heavy atom. The van der Waals surface area contributed by atoms with E-state index in [0.717, 1.165) is 36.3 Å². The maximum atomic E-state index is 13.2. The van der Waals surface area contributed by atoms with Gasteiger partial charge in [0.05, 0.1) is 24.3 Å². The Bertz CT molecular complexity index is 1100. The van der Waals surface area contributed by atoms with Crippen LogP contribution in [0.15, 0.2) is 47.3 Å². The van der Waals surface area contributed by atoms with Crippen molar-refractivity contribution in [2.75, 3.05) is 13.2 Å². The third kappa shape index (κ3) is 3.45. The number of aromatic amines is 1. The molecule has 2 N–H and O–H groups in total. The zero-order chi connectivity index (χ0) is 19.7. The van der Waals surface area contributed by atoms with Crippen molar-refractivity contribution in [1.82, 2.24) is 4.98 Å². The van der Waals surface area contributed by atoms with Crippen molar-refractivity contribution in [1.29, 1.82) is 0 Å². The molecular weight excluding hydrogens is 352 g/mol. The minimum atomic E-state index is -0.399. The van der Waals surface area contributed by atoms with Gasteiger partial charge in [0, 0.05) is 28.6 Å². The molecular formula is C23H25N2O3+. The van der Waals surface area contributed by atoms with Crippen LogP contribution >= 0.6 is 0 Å². The Morgan fingerprint density at radius 2 is 1.96 bits per heavy atom. The molecule has 28 heavy (non-hydrogen) atoms. The normalized spacial score (nSPS) is 16.0. The first kappa shape index (κ1) is 18.4. The van der Waals surface area contributed by atoms with Gasteiger partial charge in [-0.2, -0.15) is 0 Å². The number of ether oxygens (including phenoxy) is 1. The van der Waals surface area contributed by atoms with Gasteiger partial charge in [0.25, 0.3) is 0 Å². The number of pyridine rings is 1. The van der Waals surface area contributed by atoms with Crippen molar-refractivity contribution < 1.29 is 14.4 Å². The predicted octanol–water partition coefficient (Wildman–Crippen LogP) is 2.15. The minimum absolute atomic E-state index is 0.00348. The first-order valence-corrected chi connectivity index (χ1v) is 9.79. The Morgan fingerprint density at radius 1 is 1.18 bits per heavy atom. The number of hydrogen-bond acceptors (Lipinski definition) is 3. The summed E-state index contributed by atoms with van der Waals surface area (Å²) in [7, 11) is 0. The van der Waals surface area contributed by atoms with Gasteiger partial charge in [-0.15, -0.1) is 0 Å². The molecule has 5 heteroatoms. The number of quaternary nitrogens is 1.